The Morgan fingerprint density at radius 2 is 1.71 bits per heavy atom. The van der Waals surface area contributed by atoms with Crippen molar-refractivity contribution in [3.05, 3.63) is 35.4 Å². The lowest BCUT2D eigenvalue weighted by Crippen LogP contribution is -2.33. The lowest BCUT2D eigenvalue weighted by molar-refractivity contribution is 0.196. The fraction of sp³-hybridized carbons (Fsp3) is 0.611. The second kappa shape index (κ2) is 8.17. The zero-order valence-electron chi connectivity index (χ0n) is 13.4. The van der Waals surface area contributed by atoms with Crippen molar-refractivity contribution in [2.24, 2.45) is 0 Å². The highest BCUT2D eigenvalue weighted by Crippen LogP contribution is 2.24. The molecule has 1 saturated heterocycles. The van der Waals surface area contributed by atoms with Gasteiger partial charge in [0, 0.05) is 6.54 Å². The lowest BCUT2D eigenvalue weighted by Gasteiger charge is -2.30. The third-order valence-corrected chi connectivity index (χ3v) is 4.47. The summed E-state index contributed by atoms with van der Waals surface area (Å²) in [5.74, 6) is 0. The molecule has 21 heavy (non-hydrogen) atoms. The maximum atomic E-state index is 9.52. The van der Waals surface area contributed by atoms with Crippen LogP contribution in [0.5, 0.6) is 0 Å². The van der Waals surface area contributed by atoms with Gasteiger partial charge in [0.15, 0.2) is 0 Å². The summed E-state index contributed by atoms with van der Waals surface area (Å²) in [5, 5.41) is 9.52. The van der Waals surface area contributed by atoms with Crippen LogP contribution in [0.3, 0.4) is 0 Å². The van der Waals surface area contributed by atoms with Crippen LogP contribution in [0, 0.1) is 11.3 Å². The molecule has 0 spiro atoms. The molecule has 1 aromatic carbocycles. The van der Waals surface area contributed by atoms with Crippen molar-refractivity contribution < 1.29 is 0 Å². The van der Waals surface area contributed by atoms with Crippen LogP contribution in [0.4, 0.5) is 0 Å². The topological polar surface area (TPSA) is 30.3 Å². The van der Waals surface area contributed by atoms with Gasteiger partial charge in [0.05, 0.1) is 6.07 Å². The van der Waals surface area contributed by atoms with Crippen LogP contribution in [0.1, 0.15) is 50.3 Å². The van der Waals surface area contributed by atoms with Gasteiger partial charge in [0.1, 0.15) is 6.04 Å². The first-order chi connectivity index (χ1) is 10.3. The van der Waals surface area contributed by atoms with Crippen molar-refractivity contribution in [1.29, 1.82) is 5.26 Å². The summed E-state index contributed by atoms with van der Waals surface area (Å²) >= 11 is 0. The first-order valence-electron chi connectivity index (χ1n) is 8.23. The molecule has 3 heteroatoms. The van der Waals surface area contributed by atoms with E-state index in [-0.39, 0.29) is 6.04 Å². The van der Waals surface area contributed by atoms with Crippen molar-refractivity contribution >= 4 is 0 Å². The van der Waals surface area contributed by atoms with E-state index in [9.17, 15) is 5.26 Å². The lowest BCUT2D eigenvalue weighted by atomic mass is 10.0. The molecule has 1 atom stereocenters. The molecule has 0 bridgehead atoms. The molecule has 0 radical (unpaired) electrons. The normalized spacial score (nSPS) is 17.6. The highest BCUT2D eigenvalue weighted by Gasteiger charge is 2.21. The monoisotopic (exact) mass is 285 g/mol. The maximum Gasteiger partial charge on any atom is 0.123 e. The Hall–Kier alpha value is -1.37. The molecule has 1 fully saturated rings. The van der Waals surface area contributed by atoms with Crippen molar-refractivity contribution in [2.45, 2.75) is 45.7 Å². The van der Waals surface area contributed by atoms with Gasteiger partial charge in [0.25, 0.3) is 0 Å². The molecule has 0 aliphatic carbocycles. The Morgan fingerprint density at radius 1 is 1.10 bits per heavy atom. The highest BCUT2D eigenvalue weighted by molar-refractivity contribution is 5.28. The number of nitrogens with zero attached hydrogens (tertiary/aromatic N) is 3. The average molecular weight is 285 g/mol. The van der Waals surface area contributed by atoms with Crippen LogP contribution in [0.25, 0.3) is 0 Å². The summed E-state index contributed by atoms with van der Waals surface area (Å²) in [6, 6.07) is 11.1. The van der Waals surface area contributed by atoms with E-state index in [0.29, 0.717) is 0 Å². The summed E-state index contributed by atoms with van der Waals surface area (Å²) in [5.41, 5.74) is 2.47. The minimum Gasteiger partial charge on any atom is -0.300 e. The molecular weight excluding hydrogens is 258 g/mol. The summed E-state index contributed by atoms with van der Waals surface area (Å²) in [7, 11) is 0. The van der Waals surface area contributed by atoms with E-state index >= 15 is 0 Å². The molecule has 0 aromatic heterocycles. The number of piperidine rings is 1. The zero-order chi connectivity index (χ0) is 15.1. The number of likely N-dealkylation sites (tertiary alicyclic amines) is 1. The zero-order valence-corrected chi connectivity index (χ0v) is 13.4. The Morgan fingerprint density at radius 3 is 2.24 bits per heavy atom. The van der Waals surface area contributed by atoms with Gasteiger partial charge in [-0.25, -0.2) is 0 Å². The van der Waals surface area contributed by atoms with Crippen LogP contribution in [0.15, 0.2) is 24.3 Å². The predicted molar refractivity (Wildman–Crippen MR) is 86.8 cm³/mol. The van der Waals surface area contributed by atoms with Gasteiger partial charge in [-0.15, -0.1) is 0 Å². The number of hydrogen-bond donors (Lipinski definition) is 0. The van der Waals surface area contributed by atoms with Crippen LogP contribution >= 0.6 is 0 Å². The Bertz CT molecular complexity index is 450. The van der Waals surface area contributed by atoms with Gasteiger partial charge in [-0.05, 0) is 50.1 Å². The Labute approximate surface area is 129 Å². The largest absolute Gasteiger partial charge is 0.300 e. The van der Waals surface area contributed by atoms with Crippen LogP contribution in [-0.2, 0) is 6.54 Å². The minimum atomic E-state index is -0.0761. The molecule has 114 valence electrons. The van der Waals surface area contributed by atoms with Gasteiger partial charge in [-0.1, -0.05) is 44.5 Å². The molecule has 1 aromatic rings. The summed E-state index contributed by atoms with van der Waals surface area (Å²) < 4.78 is 0. The smallest absolute Gasteiger partial charge is 0.123 e. The molecule has 1 aliphatic rings. The quantitative estimate of drug-likeness (QED) is 0.800. The average Bonchev–Trinajstić information content (AvgIpc) is 2.55. The predicted octanol–water partition coefficient (Wildman–Crippen LogP) is 3.58. The third kappa shape index (κ3) is 4.30. The second-order valence-corrected chi connectivity index (χ2v) is 5.83. The number of nitriles is 1. The Kier molecular flexibility index (Phi) is 6.22. The molecule has 0 amide bonds. The van der Waals surface area contributed by atoms with E-state index in [2.05, 4.69) is 54.0 Å². The van der Waals surface area contributed by atoms with E-state index < -0.39 is 0 Å². The van der Waals surface area contributed by atoms with Crippen molar-refractivity contribution in [3.63, 3.8) is 0 Å². The minimum absolute atomic E-state index is 0.0761. The summed E-state index contributed by atoms with van der Waals surface area (Å²) in [6.45, 7) is 9.65. The van der Waals surface area contributed by atoms with E-state index in [0.717, 1.165) is 38.3 Å². The first kappa shape index (κ1) is 16.0. The number of benzene rings is 1. The van der Waals surface area contributed by atoms with Crippen LogP contribution in [-0.4, -0.2) is 36.0 Å². The molecular formula is C18H27N3. The maximum absolute atomic E-state index is 9.52. The van der Waals surface area contributed by atoms with Gasteiger partial charge in [-0.2, -0.15) is 5.26 Å². The molecule has 1 unspecified atom stereocenters. The van der Waals surface area contributed by atoms with Crippen molar-refractivity contribution in [3.8, 4) is 6.07 Å². The molecule has 0 N–H and O–H groups in total. The van der Waals surface area contributed by atoms with Gasteiger partial charge >= 0.3 is 0 Å². The van der Waals surface area contributed by atoms with E-state index in [4.69, 9.17) is 0 Å². The Balaban J connectivity index is 2.04. The number of hydrogen-bond acceptors (Lipinski definition) is 3. The van der Waals surface area contributed by atoms with Gasteiger partial charge < -0.3 is 0 Å². The fourth-order valence-corrected chi connectivity index (χ4v) is 3.05. The van der Waals surface area contributed by atoms with Crippen LogP contribution in [0.2, 0.25) is 0 Å². The molecule has 2 rings (SSSR count). The number of rotatable bonds is 6. The molecule has 1 heterocycles. The SMILES string of the molecule is CCN(CC)Cc1ccc(C(C#N)N2CCCCC2)cc1. The van der Waals surface area contributed by atoms with Gasteiger partial charge in [-0.3, -0.25) is 9.80 Å². The molecule has 1 aliphatic heterocycles. The van der Waals surface area contributed by atoms with Crippen molar-refractivity contribution in [2.75, 3.05) is 26.2 Å². The molecule has 0 saturated carbocycles. The van der Waals surface area contributed by atoms with E-state index in [1.54, 1.807) is 0 Å². The summed E-state index contributed by atoms with van der Waals surface area (Å²) in [4.78, 5) is 4.73. The first-order valence-corrected chi connectivity index (χ1v) is 8.23. The van der Waals surface area contributed by atoms with E-state index in [1.807, 2.05) is 0 Å². The van der Waals surface area contributed by atoms with Crippen LogP contribution < -0.4 is 0 Å². The van der Waals surface area contributed by atoms with Gasteiger partial charge in [0.2, 0.25) is 0 Å². The second-order valence-electron chi connectivity index (χ2n) is 5.83. The molecule has 3 nitrogen and oxygen atoms in total. The fourth-order valence-electron chi connectivity index (χ4n) is 3.05. The standard InChI is InChI=1S/C18H27N3/c1-3-20(4-2)15-16-8-10-17(11-9-16)18(14-19)21-12-6-5-7-13-21/h8-11,18H,3-7,12-13,15H2,1-2H3. The third-order valence-electron chi connectivity index (χ3n) is 4.47. The highest BCUT2D eigenvalue weighted by atomic mass is 15.2. The van der Waals surface area contributed by atoms with Crippen molar-refractivity contribution in [1.82, 2.24) is 9.80 Å². The summed E-state index contributed by atoms with van der Waals surface area (Å²) in [6.07, 6.45) is 3.74. The van der Waals surface area contributed by atoms with E-state index in [1.165, 1.54) is 24.8 Å².